The average molecular weight is 546 g/mol. The van der Waals surface area contributed by atoms with Gasteiger partial charge in [-0.1, -0.05) is 6.07 Å². The average Bonchev–Trinajstić information content (AvgIpc) is 3.43. The van der Waals surface area contributed by atoms with Gasteiger partial charge in [-0.15, -0.1) is 0 Å². The molecular weight excluding hydrogens is 514 g/mol. The number of urea groups is 1. The number of ether oxygens (including phenoxy) is 2. The Morgan fingerprint density at radius 3 is 2.38 bits per heavy atom. The molecule has 3 aliphatic heterocycles. The van der Waals surface area contributed by atoms with E-state index in [4.69, 9.17) is 25.2 Å². The number of hydrogen-bond donors (Lipinski definition) is 2. The second-order valence-electron chi connectivity index (χ2n) is 9.87. The van der Waals surface area contributed by atoms with Crippen molar-refractivity contribution in [2.24, 2.45) is 0 Å². The number of morpholine rings is 2. The summed E-state index contributed by atoms with van der Waals surface area (Å²) >= 11 is 0. The number of nitrogens with two attached hydrogens (primary N) is 1. The fourth-order valence-electron chi connectivity index (χ4n) is 5.07. The number of nitrogens with one attached hydrogen (secondary N) is 1. The molecule has 2 fully saturated rings. The monoisotopic (exact) mass is 545 g/mol. The van der Waals surface area contributed by atoms with Gasteiger partial charge in [0.2, 0.25) is 11.9 Å². The molecular formula is C27H31N9O4. The first-order chi connectivity index (χ1) is 19.5. The highest BCUT2D eigenvalue weighted by atomic mass is 16.5. The van der Waals surface area contributed by atoms with Gasteiger partial charge >= 0.3 is 6.03 Å². The van der Waals surface area contributed by atoms with Crippen molar-refractivity contribution in [1.82, 2.24) is 24.8 Å². The topological polar surface area (TPSA) is 152 Å². The van der Waals surface area contributed by atoms with Crippen molar-refractivity contribution >= 4 is 35.3 Å². The van der Waals surface area contributed by atoms with Crippen LogP contribution in [0.3, 0.4) is 0 Å². The fourth-order valence-corrected chi connectivity index (χ4v) is 5.07. The minimum atomic E-state index is -0.330. The highest BCUT2D eigenvalue weighted by Crippen LogP contribution is 2.36. The number of rotatable bonds is 4. The van der Waals surface area contributed by atoms with E-state index in [0.717, 1.165) is 11.1 Å². The number of benzene rings is 1. The first kappa shape index (κ1) is 25.9. The lowest BCUT2D eigenvalue weighted by molar-refractivity contribution is 0.0303. The Morgan fingerprint density at radius 2 is 1.65 bits per heavy atom. The van der Waals surface area contributed by atoms with Crippen LogP contribution in [-0.4, -0.2) is 95.9 Å². The number of nitrogens with zero attached hydrogens (tertiary/aromatic N) is 7. The molecule has 0 aliphatic carbocycles. The minimum absolute atomic E-state index is 0.0800. The molecule has 0 atom stereocenters. The summed E-state index contributed by atoms with van der Waals surface area (Å²) < 4.78 is 10.9. The number of amides is 3. The summed E-state index contributed by atoms with van der Waals surface area (Å²) in [4.78, 5) is 50.1. The van der Waals surface area contributed by atoms with Crippen LogP contribution in [-0.2, 0) is 15.9 Å². The molecule has 3 amide bonds. The van der Waals surface area contributed by atoms with Crippen LogP contribution in [0.1, 0.15) is 21.5 Å². The predicted molar refractivity (Wildman–Crippen MR) is 148 cm³/mol. The normalized spacial score (nSPS) is 17.1. The largest absolute Gasteiger partial charge is 0.378 e. The zero-order valence-electron chi connectivity index (χ0n) is 22.3. The van der Waals surface area contributed by atoms with Crippen molar-refractivity contribution < 1.29 is 19.1 Å². The van der Waals surface area contributed by atoms with Gasteiger partial charge < -0.3 is 30.3 Å². The summed E-state index contributed by atoms with van der Waals surface area (Å²) in [5.41, 5.74) is 9.88. The van der Waals surface area contributed by atoms with Crippen molar-refractivity contribution in [3.05, 3.63) is 47.3 Å². The number of carbonyl (C=O) groups excluding carboxylic acids is 2. The Hall–Kier alpha value is -4.36. The maximum atomic E-state index is 13.7. The Bertz CT molecular complexity index is 1420. The number of aryl methyl sites for hydroxylation is 1. The zero-order chi connectivity index (χ0) is 27.6. The van der Waals surface area contributed by atoms with Gasteiger partial charge in [0, 0.05) is 67.5 Å². The van der Waals surface area contributed by atoms with E-state index in [1.54, 1.807) is 34.3 Å². The van der Waals surface area contributed by atoms with Crippen LogP contribution in [0.4, 0.5) is 28.2 Å². The first-order valence-electron chi connectivity index (χ1n) is 13.4. The van der Waals surface area contributed by atoms with E-state index in [9.17, 15) is 9.59 Å². The van der Waals surface area contributed by atoms with Crippen LogP contribution in [0.25, 0.3) is 11.3 Å². The third-order valence-corrected chi connectivity index (χ3v) is 7.32. The lowest BCUT2D eigenvalue weighted by Gasteiger charge is -2.28. The van der Waals surface area contributed by atoms with Crippen LogP contribution >= 0.6 is 0 Å². The van der Waals surface area contributed by atoms with Gasteiger partial charge in [0.1, 0.15) is 5.82 Å². The summed E-state index contributed by atoms with van der Waals surface area (Å²) in [5, 5.41) is 3.01. The maximum absolute atomic E-state index is 13.7. The zero-order valence-corrected chi connectivity index (χ0v) is 22.3. The van der Waals surface area contributed by atoms with Crippen LogP contribution in [0.2, 0.25) is 0 Å². The second-order valence-corrected chi connectivity index (χ2v) is 9.87. The molecule has 0 bridgehead atoms. The van der Waals surface area contributed by atoms with Crippen LogP contribution in [0.15, 0.2) is 30.6 Å². The summed E-state index contributed by atoms with van der Waals surface area (Å²) in [6.45, 7) is 6.90. The Balaban J connectivity index is 1.30. The summed E-state index contributed by atoms with van der Waals surface area (Å²) in [5.74, 6) is 1.15. The Labute approximate surface area is 231 Å². The number of hydrogen-bond acceptors (Lipinski definition) is 10. The predicted octanol–water partition coefficient (Wildman–Crippen LogP) is 1.73. The molecule has 3 N–H and O–H groups in total. The van der Waals surface area contributed by atoms with Gasteiger partial charge in [-0.2, -0.15) is 4.98 Å². The van der Waals surface area contributed by atoms with Gasteiger partial charge in [0.25, 0.3) is 5.91 Å². The van der Waals surface area contributed by atoms with Crippen LogP contribution in [0.5, 0.6) is 0 Å². The van der Waals surface area contributed by atoms with Crippen molar-refractivity contribution in [2.45, 2.75) is 13.3 Å². The van der Waals surface area contributed by atoms with E-state index < -0.39 is 0 Å². The Kier molecular flexibility index (Phi) is 7.13. The van der Waals surface area contributed by atoms with E-state index in [0.29, 0.717) is 99.8 Å². The quantitative estimate of drug-likeness (QED) is 0.496. The molecule has 0 radical (unpaired) electrons. The molecule has 5 heterocycles. The molecule has 6 rings (SSSR count). The third kappa shape index (κ3) is 5.12. The molecule has 208 valence electrons. The first-order valence-corrected chi connectivity index (χ1v) is 13.4. The number of anilines is 4. The van der Waals surface area contributed by atoms with Gasteiger partial charge in [-0.25, -0.2) is 19.7 Å². The highest BCUT2D eigenvalue weighted by molar-refractivity contribution is 6.04. The van der Waals surface area contributed by atoms with Gasteiger partial charge in [0.05, 0.1) is 32.1 Å². The molecule has 0 saturated carbocycles. The number of carbonyl (C=O) groups is 2. The molecule has 2 saturated heterocycles. The van der Waals surface area contributed by atoms with Gasteiger partial charge in [0.15, 0.2) is 0 Å². The number of fused-ring (bicyclic) bond motifs is 1. The standard InChI is InChI=1S/C27H31N9O4/c1-17-2-3-18(24(37)34-6-10-39-11-7-34)14-21(17)31-27(38)36-5-4-20-22(19-15-29-25(28)30-16-19)32-26(33-23(20)36)35-8-12-40-13-9-35/h2-3,14-16H,4-13H2,1H3,(H,31,38)(H2,28,29,30). The van der Waals surface area contributed by atoms with Gasteiger partial charge in [-0.3, -0.25) is 9.69 Å². The summed E-state index contributed by atoms with van der Waals surface area (Å²) in [6.07, 6.45) is 3.84. The number of aromatic nitrogens is 4. The molecule has 2 aromatic heterocycles. The fraction of sp³-hybridized carbons (Fsp3) is 0.407. The number of nitrogen functional groups attached to an aromatic ring is 1. The summed E-state index contributed by atoms with van der Waals surface area (Å²) in [6, 6.07) is 5.04. The van der Waals surface area contributed by atoms with E-state index in [1.807, 2.05) is 17.9 Å². The second kappa shape index (κ2) is 11.0. The van der Waals surface area contributed by atoms with Crippen molar-refractivity contribution in [3.8, 4) is 11.3 Å². The molecule has 3 aliphatic rings. The maximum Gasteiger partial charge on any atom is 0.327 e. The third-order valence-electron chi connectivity index (χ3n) is 7.32. The SMILES string of the molecule is Cc1ccc(C(=O)N2CCOCC2)cc1NC(=O)N1CCc2c(-c3cnc(N)nc3)nc(N3CCOCC3)nc21. The van der Waals surface area contributed by atoms with Crippen molar-refractivity contribution in [3.63, 3.8) is 0 Å². The van der Waals surface area contributed by atoms with E-state index in [2.05, 4.69) is 15.3 Å². The van der Waals surface area contributed by atoms with Crippen LogP contribution < -0.4 is 20.9 Å². The molecule has 0 spiro atoms. The molecule has 0 unspecified atom stereocenters. The lowest BCUT2D eigenvalue weighted by Crippen LogP contribution is -2.40. The van der Waals surface area contributed by atoms with Gasteiger partial charge in [-0.05, 0) is 31.0 Å². The van der Waals surface area contributed by atoms with Crippen molar-refractivity contribution in [2.75, 3.05) is 80.0 Å². The van der Waals surface area contributed by atoms with Crippen LogP contribution in [0, 0.1) is 6.92 Å². The molecule has 13 nitrogen and oxygen atoms in total. The molecule has 1 aromatic carbocycles. The summed E-state index contributed by atoms with van der Waals surface area (Å²) in [7, 11) is 0. The Morgan fingerprint density at radius 1 is 0.950 bits per heavy atom. The molecule has 3 aromatic rings. The molecule has 13 heteroatoms. The highest BCUT2D eigenvalue weighted by Gasteiger charge is 2.32. The van der Waals surface area contributed by atoms with Crippen molar-refractivity contribution in [1.29, 1.82) is 0 Å². The lowest BCUT2D eigenvalue weighted by atomic mass is 10.1. The smallest absolute Gasteiger partial charge is 0.327 e. The molecule has 40 heavy (non-hydrogen) atoms. The van der Waals surface area contributed by atoms with E-state index in [1.165, 1.54) is 0 Å². The van der Waals surface area contributed by atoms with E-state index >= 15 is 0 Å². The minimum Gasteiger partial charge on any atom is -0.378 e. The van der Waals surface area contributed by atoms with E-state index in [-0.39, 0.29) is 17.9 Å².